The molecule has 1 aromatic rings. The zero-order valence-corrected chi connectivity index (χ0v) is 12.0. The molecule has 1 N–H and O–H groups in total. The maximum absolute atomic E-state index is 13.4. The second-order valence-corrected chi connectivity index (χ2v) is 5.84. The number of benzene rings is 1. The monoisotopic (exact) mass is 313 g/mol. The number of carbonyl (C=O) groups excluding carboxylic acids is 1. The smallest absolute Gasteiger partial charge is 0.252 e. The Balaban J connectivity index is 2.05. The van der Waals surface area contributed by atoms with Crippen LogP contribution in [-0.2, 0) is 0 Å². The van der Waals surface area contributed by atoms with Crippen molar-refractivity contribution in [1.29, 1.82) is 0 Å². The summed E-state index contributed by atoms with van der Waals surface area (Å²) in [6.07, 6.45) is 4.41. The van der Waals surface area contributed by atoms with Gasteiger partial charge in [0, 0.05) is 6.04 Å². The van der Waals surface area contributed by atoms with Gasteiger partial charge in [0.2, 0.25) is 0 Å². The number of halogens is 2. The van der Waals surface area contributed by atoms with Crippen LogP contribution < -0.4 is 5.32 Å². The van der Waals surface area contributed by atoms with Gasteiger partial charge in [0.15, 0.2) is 0 Å². The van der Waals surface area contributed by atoms with E-state index in [-0.39, 0.29) is 16.4 Å². The van der Waals surface area contributed by atoms with E-state index in [1.54, 1.807) is 12.1 Å². The molecule has 98 valence electrons. The Hall–Kier alpha value is -0.900. The van der Waals surface area contributed by atoms with Crippen molar-refractivity contribution in [3.8, 4) is 0 Å². The topological polar surface area (TPSA) is 29.1 Å². The summed E-state index contributed by atoms with van der Waals surface area (Å²) in [5.41, 5.74) is 0.369. The third-order valence-corrected chi connectivity index (χ3v) is 4.27. The molecule has 2 unspecified atom stereocenters. The molecule has 0 spiro atoms. The van der Waals surface area contributed by atoms with Crippen LogP contribution in [0.3, 0.4) is 0 Å². The van der Waals surface area contributed by atoms with Crippen LogP contribution in [0.5, 0.6) is 0 Å². The lowest BCUT2D eigenvalue weighted by atomic mass is 9.87. The van der Waals surface area contributed by atoms with Crippen LogP contribution in [0.4, 0.5) is 4.39 Å². The summed E-state index contributed by atoms with van der Waals surface area (Å²) >= 11 is 3.12. The zero-order valence-electron chi connectivity index (χ0n) is 10.4. The van der Waals surface area contributed by atoms with Crippen molar-refractivity contribution in [2.75, 3.05) is 0 Å². The number of amides is 1. The van der Waals surface area contributed by atoms with E-state index in [2.05, 4.69) is 28.2 Å². The number of rotatable bonds is 2. The summed E-state index contributed by atoms with van der Waals surface area (Å²) < 4.78 is 13.6. The molecular formula is C14H17BrFNO. The summed E-state index contributed by atoms with van der Waals surface area (Å²) in [5, 5.41) is 3.00. The van der Waals surface area contributed by atoms with Gasteiger partial charge >= 0.3 is 0 Å². The molecule has 18 heavy (non-hydrogen) atoms. The highest BCUT2D eigenvalue weighted by Crippen LogP contribution is 2.25. The maximum atomic E-state index is 13.4. The van der Waals surface area contributed by atoms with E-state index >= 15 is 0 Å². The van der Waals surface area contributed by atoms with Gasteiger partial charge in [-0.15, -0.1) is 0 Å². The largest absolute Gasteiger partial charge is 0.349 e. The quantitative estimate of drug-likeness (QED) is 0.881. The van der Waals surface area contributed by atoms with Crippen molar-refractivity contribution in [2.45, 2.75) is 38.6 Å². The molecule has 2 atom stereocenters. The lowest BCUT2D eigenvalue weighted by molar-refractivity contribution is 0.0920. The van der Waals surface area contributed by atoms with E-state index in [1.807, 2.05) is 0 Å². The Bertz CT molecular complexity index is 449. The van der Waals surface area contributed by atoms with Crippen molar-refractivity contribution < 1.29 is 9.18 Å². The second-order valence-electron chi connectivity index (χ2n) is 5.04. The highest BCUT2D eigenvalue weighted by atomic mass is 79.9. The lowest BCUT2D eigenvalue weighted by Gasteiger charge is -2.27. The van der Waals surface area contributed by atoms with Gasteiger partial charge in [0.25, 0.3) is 5.91 Å². The third kappa shape index (κ3) is 3.10. The van der Waals surface area contributed by atoms with Gasteiger partial charge in [-0.05, 0) is 46.8 Å². The van der Waals surface area contributed by atoms with Crippen LogP contribution in [0.25, 0.3) is 0 Å². The maximum Gasteiger partial charge on any atom is 0.252 e. The predicted octanol–water partition coefficient (Wildman–Crippen LogP) is 3.90. The first-order valence-corrected chi connectivity index (χ1v) is 7.12. The standard InChI is InChI=1S/C14H17BrFNO/c1-9-4-2-5-10(8-9)17-14(18)11-6-3-7-12(16)13(11)15/h3,6-7,9-10H,2,4-5,8H2,1H3,(H,17,18). The van der Waals surface area contributed by atoms with Crippen molar-refractivity contribution in [3.63, 3.8) is 0 Å². The highest BCUT2D eigenvalue weighted by molar-refractivity contribution is 9.10. The summed E-state index contributed by atoms with van der Waals surface area (Å²) in [4.78, 5) is 12.1. The van der Waals surface area contributed by atoms with Gasteiger partial charge in [-0.2, -0.15) is 0 Å². The Morgan fingerprint density at radius 1 is 1.44 bits per heavy atom. The Morgan fingerprint density at radius 2 is 2.22 bits per heavy atom. The number of hydrogen-bond acceptors (Lipinski definition) is 1. The van der Waals surface area contributed by atoms with Gasteiger partial charge in [0.05, 0.1) is 10.0 Å². The fourth-order valence-electron chi connectivity index (χ4n) is 2.51. The van der Waals surface area contributed by atoms with Gasteiger partial charge < -0.3 is 5.32 Å². The van der Waals surface area contributed by atoms with E-state index in [4.69, 9.17) is 0 Å². The fourth-order valence-corrected chi connectivity index (χ4v) is 2.95. The first-order valence-electron chi connectivity index (χ1n) is 6.33. The minimum Gasteiger partial charge on any atom is -0.349 e. The average molecular weight is 314 g/mol. The van der Waals surface area contributed by atoms with Crippen molar-refractivity contribution >= 4 is 21.8 Å². The summed E-state index contributed by atoms with van der Waals surface area (Å²) in [5.74, 6) is 0.0557. The number of carbonyl (C=O) groups is 1. The average Bonchev–Trinajstić information content (AvgIpc) is 2.32. The Morgan fingerprint density at radius 3 is 2.94 bits per heavy atom. The van der Waals surface area contributed by atoms with E-state index in [0.29, 0.717) is 11.5 Å². The summed E-state index contributed by atoms with van der Waals surface area (Å²) in [7, 11) is 0. The van der Waals surface area contributed by atoms with Gasteiger partial charge in [0.1, 0.15) is 5.82 Å². The number of nitrogens with one attached hydrogen (secondary N) is 1. The lowest BCUT2D eigenvalue weighted by Crippen LogP contribution is -2.38. The normalized spacial score (nSPS) is 23.7. The minimum absolute atomic E-state index is 0.194. The molecule has 1 aliphatic carbocycles. The molecule has 0 saturated heterocycles. The molecule has 0 radical (unpaired) electrons. The molecule has 1 fully saturated rings. The molecule has 1 aromatic carbocycles. The van der Waals surface area contributed by atoms with Crippen molar-refractivity contribution in [1.82, 2.24) is 5.32 Å². The molecule has 2 nitrogen and oxygen atoms in total. The van der Waals surface area contributed by atoms with Crippen LogP contribution in [0, 0.1) is 11.7 Å². The van der Waals surface area contributed by atoms with Crippen LogP contribution in [0.1, 0.15) is 43.0 Å². The SMILES string of the molecule is CC1CCCC(NC(=O)c2cccc(F)c2Br)C1. The Kier molecular flexibility index (Phi) is 4.38. The van der Waals surface area contributed by atoms with Gasteiger partial charge in [-0.25, -0.2) is 4.39 Å². The van der Waals surface area contributed by atoms with Crippen LogP contribution >= 0.6 is 15.9 Å². The summed E-state index contributed by atoms with van der Waals surface area (Å²) in [6, 6.07) is 4.74. The predicted molar refractivity (Wildman–Crippen MR) is 73.0 cm³/mol. The molecule has 0 heterocycles. The number of hydrogen-bond donors (Lipinski definition) is 1. The fraction of sp³-hybridized carbons (Fsp3) is 0.500. The first-order chi connectivity index (χ1) is 8.58. The molecule has 1 aliphatic rings. The van der Waals surface area contributed by atoms with Gasteiger partial charge in [-0.1, -0.05) is 25.8 Å². The van der Waals surface area contributed by atoms with E-state index < -0.39 is 5.82 Å². The molecule has 0 aliphatic heterocycles. The highest BCUT2D eigenvalue weighted by Gasteiger charge is 2.22. The molecule has 1 amide bonds. The van der Waals surface area contributed by atoms with E-state index in [0.717, 1.165) is 19.3 Å². The van der Waals surface area contributed by atoms with Crippen LogP contribution in [-0.4, -0.2) is 11.9 Å². The molecule has 2 rings (SSSR count). The molecule has 0 aromatic heterocycles. The molecule has 4 heteroatoms. The van der Waals surface area contributed by atoms with Crippen LogP contribution in [0.15, 0.2) is 22.7 Å². The molecule has 0 bridgehead atoms. The summed E-state index contributed by atoms with van der Waals surface area (Å²) in [6.45, 7) is 2.20. The van der Waals surface area contributed by atoms with E-state index in [1.165, 1.54) is 12.5 Å². The zero-order chi connectivity index (χ0) is 13.1. The molecular weight excluding hydrogens is 297 g/mol. The third-order valence-electron chi connectivity index (χ3n) is 3.47. The Labute approximate surface area is 115 Å². The van der Waals surface area contributed by atoms with Crippen molar-refractivity contribution in [2.24, 2.45) is 5.92 Å². The minimum atomic E-state index is -0.403. The van der Waals surface area contributed by atoms with Crippen molar-refractivity contribution in [3.05, 3.63) is 34.1 Å². The van der Waals surface area contributed by atoms with E-state index in [9.17, 15) is 9.18 Å². The van der Waals surface area contributed by atoms with Crippen LogP contribution in [0.2, 0.25) is 0 Å². The molecule has 1 saturated carbocycles. The first kappa shape index (κ1) is 13.5. The van der Waals surface area contributed by atoms with Gasteiger partial charge in [-0.3, -0.25) is 4.79 Å². The second kappa shape index (κ2) is 5.83.